The quantitative estimate of drug-likeness (QED) is 0.825. The van der Waals surface area contributed by atoms with E-state index in [9.17, 15) is 18.0 Å². The third kappa shape index (κ3) is 7.36. The molecular formula is C17H21F3N2O2. The molecule has 0 radical (unpaired) electrons. The molecule has 0 aliphatic carbocycles. The molecule has 0 saturated heterocycles. The van der Waals surface area contributed by atoms with Gasteiger partial charge in [-0.25, -0.2) is 4.79 Å². The van der Waals surface area contributed by atoms with Gasteiger partial charge in [-0.15, -0.1) is 12.3 Å². The molecule has 0 saturated carbocycles. The fourth-order valence-electron chi connectivity index (χ4n) is 1.95. The number of carbonyl (C=O) groups excluding carboxylic acids is 1. The van der Waals surface area contributed by atoms with Gasteiger partial charge >= 0.3 is 12.3 Å². The molecule has 0 aliphatic rings. The van der Waals surface area contributed by atoms with Gasteiger partial charge in [-0.2, -0.15) is 13.2 Å². The van der Waals surface area contributed by atoms with Gasteiger partial charge in [0.15, 0.2) is 0 Å². The molecule has 1 aromatic heterocycles. The summed E-state index contributed by atoms with van der Waals surface area (Å²) >= 11 is 0. The Bertz CT molecular complexity index is 584. The zero-order valence-electron chi connectivity index (χ0n) is 13.9. The van der Waals surface area contributed by atoms with Crippen LogP contribution < -0.4 is 5.32 Å². The standard InChI is InChI=1S/C17H21F3N2O2/c1-5-6-7-13(22-15(23)24-16(2,3)4)10-12-8-9-14(21-11-12)17(18,19)20/h1,8-9,11,13H,6-7,10H2,2-4H3,(H,22,23)/t13-/m0/s1. The number of nitrogens with one attached hydrogen (secondary N) is 1. The minimum absolute atomic E-state index is 0.312. The average molecular weight is 342 g/mol. The largest absolute Gasteiger partial charge is 0.444 e. The minimum Gasteiger partial charge on any atom is -0.444 e. The van der Waals surface area contributed by atoms with Gasteiger partial charge in [0.2, 0.25) is 0 Å². The molecule has 4 nitrogen and oxygen atoms in total. The van der Waals surface area contributed by atoms with Crippen molar-refractivity contribution in [3.05, 3.63) is 29.6 Å². The number of hydrogen-bond donors (Lipinski definition) is 1. The first-order valence-electron chi connectivity index (χ1n) is 7.46. The lowest BCUT2D eigenvalue weighted by Crippen LogP contribution is -2.40. The Morgan fingerprint density at radius 2 is 2.04 bits per heavy atom. The van der Waals surface area contributed by atoms with E-state index >= 15 is 0 Å². The van der Waals surface area contributed by atoms with Crippen molar-refractivity contribution >= 4 is 6.09 Å². The Balaban J connectivity index is 2.75. The monoisotopic (exact) mass is 342 g/mol. The van der Waals surface area contributed by atoms with Crippen LogP contribution in [-0.2, 0) is 17.3 Å². The molecule has 1 heterocycles. The van der Waals surface area contributed by atoms with Crippen LogP contribution in [0.2, 0.25) is 0 Å². The smallest absolute Gasteiger partial charge is 0.433 e. The maximum Gasteiger partial charge on any atom is 0.433 e. The number of alkyl carbamates (subject to hydrolysis) is 1. The van der Waals surface area contributed by atoms with Gasteiger partial charge in [0.05, 0.1) is 0 Å². The van der Waals surface area contributed by atoms with Gasteiger partial charge in [-0.3, -0.25) is 4.98 Å². The second kappa shape index (κ2) is 8.04. The summed E-state index contributed by atoms with van der Waals surface area (Å²) in [4.78, 5) is 15.3. The molecule has 0 spiro atoms. The van der Waals surface area contributed by atoms with Gasteiger partial charge in [-0.1, -0.05) is 6.07 Å². The van der Waals surface area contributed by atoms with Crippen LogP contribution in [0.4, 0.5) is 18.0 Å². The molecule has 1 rings (SSSR count). The SMILES string of the molecule is C#CCC[C@@H](Cc1ccc(C(F)(F)F)nc1)NC(=O)OC(C)(C)C. The van der Waals surface area contributed by atoms with Crippen LogP contribution in [0.5, 0.6) is 0 Å². The van der Waals surface area contributed by atoms with E-state index in [1.54, 1.807) is 20.8 Å². The number of alkyl halides is 3. The van der Waals surface area contributed by atoms with Crippen molar-refractivity contribution < 1.29 is 22.7 Å². The Hall–Kier alpha value is -2.23. The molecule has 1 N–H and O–H groups in total. The lowest BCUT2D eigenvalue weighted by Gasteiger charge is -2.23. The second-order valence-electron chi connectivity index (χ2n) is 6.34. The zero-order valence-corrected chi connectivity index (χ0v) is 13.9. The fourth-order valence-corrected chi connectivity index (χ4v) is 1.95. The van der Waals surface area contributed by atoms with Gasteiger partial charge in [0.25, 0.3) is 0 Å². The first kappa shape index (κ1) is 19.8. The third-order valence-corrected chi connectivity index (χ3v) is 2.96. The van der Waals surface area contributed by atoms with Gasteiger partial charge < -0.3 is 10.1 Å². The summed E-state index contributed by atoms with van der Waals surface area (Å²) in [7, 11) is 0. The molecule has 7 heteroatoms. The number of ether oxygens (including phenoxy) is 1. The normalized spacial score (nSPS) is 13.0. The lowest BCUT2D eigenvalue weighted by molar-refractivity contribution is -0.141. The molecule has 0 unspecified atom stereocenters. The number of carbonyl (C=O) groups is 1. The number of pyridine rings is 1. The van der Waals surface area contributed by atoms with Crippen molar-refractivity contribution in [3.63, 3.8) is 0 Å². The molecule has 0 aliphatic heterocycles. The molecule has 0 aromatic carbocycles. The highest BCUT2D eigenvalue weighted by Crippen LogP contribution is 2.27. The maximum absolute atomic E-state index is 12.5. The summed E-state index contributed by atoms with van der Waals surface area (Å²) in [6, 6.07) is 1.91. The Morgan fingerprint density at radius 3 is 2.50 bits per heavy atom. The topological polar surface area (TPSA) is 51.2 Å². The third-order valence-electron chi connectivity index (χ3n) is 2.96. The van der Waals surface area contributed by atoms with Crippen molar-refractivity contribution in [2.45, 2.75) is 57.9 Å². The van der Waals surface area contributed by atoms with E-state index in [-0.39, 0.29) is 6.04 Å². The van der Waals surface area contributed by atoms with Crippen LogP contribution in [0.1, 0.15) is 44.9 Å². The number of hydrogen-bond acceptors (Lipinski definition) is 3. The number of rotatable bonds is 5. The van der Waals surface area contributed by atoms with E-state index in [1.807, 2.05) is 0 Å². The first-order chi connectivity index (χ1) is 11.0. The van der Waals surface area contributed by atoms with Crippen LogP contribution in [0.25, 0.3) is 0 Å². The van der Waals surface area contributed by atoms with Crippen molar-refractivity contribution in [2.75, 3.05) is 0 Å². The molecule has 1 atom stereocenters. The molecule has 24 heavy (non-hydrogen) atoms. The summed E-state index contributed by atoms with van der Waals surface area (Å²) in [6.07, 6.45) is 2.54. The summed E-state index contributed by atoms with van der Waals surface area (Å²) in [6.45, 7) is 5.22. The second-order valence-corrected chi connectivity index (χ2v) is 6.34. The van der Waals surface area contributed by atoms with Crippen LogP contribution in [-0.4, -0.2) is 22.7 Å². The molecule has 1 amide bonds. The van der Waals surface area contributed by atoms with E-state index in [0.29, 0.717) is 24.8 Å². The summed E-state index contributed by atoms with van der Waals surface area (Å²) in [5, 5.41) is 2.69. The zero-order chi connectivity index (χ0) is 18.4. The van der Waals surface area contributed by atoms with Crippen molar-refractivity contribution in [1.82, 2.24) is 10.3 Å². The number of amides is 1. The van der Waals surface area contributed by atoms with Crippen LogP contribution in [0, 0.1) is 12.3 Å². The predicted molar refractivity (Wildman–Crippen MR) is 84.2 cm³/mol. The molecule has 132 valence electrons. The minimum atomic E-state index is -4.48. The Labute approximate surface area is 139 Å². The van der Waals surface area contributed by atoms with E-state index in [4.69, 9.17) is 11.2 Å². The number of terminal acetylenes is 1. The molecule has 0 bridgehead atoms. The Morgan fingerprint density at radius 1 is 1.38 bits per heavy atom. The van der Waals surface area contributed by atoms with E-state index in [0.717, 1.165) is 12.3 Å². The highest BCUT2D eigenvalue weighted by molar-refractivity contribution is 5.68. The predicted octanol–water partition coefficient (Wildman–Crippen LogP) is 3.95. The van der Waals surface area contributed by atoms with Gasteiger partial charge in [0.1, 0.15) is 11.3 Å². The van der Waals surface area contributed by atoms with E-state index in [2.05, 4.69) is 16.2 Å². The van der Waals surface area contributed by atoms with Crippen molar-refractivity contribution in [2.24, 2.45) is 0 Å². The maximum atomic E-state index is 12.5. The van der Waals surface area contributed by atoms with Crippen molar-refractivity contribution in [1.29, 1.82) is 0 Å². The van der Waals surface area contributed by atoms with Crippen LogP contribution >= 0.6 is 0 Å². The van der Waals surface area contributed by atoms with Crippen LogP contribution in [0.3, 0.4) is 0 Å². The molecule has 1 aromatic rings. The molecular weight excluding hydrogens is 321 g/mol. The number of halogens is 3. The highest BCUT2D eigenvalue weighted by Gasteiger charge is 2.32. The fraction of sp³-hybridized carbons (Fsp3) is 0.529. The molecule has 0 fully saturated rings. The van der Waals surface area contributed by atoms with Gasteiger partial charge in [-0.05, 0) is 45.2 Å². The average Bonchev–Trinajstić information content (AvgIpc) is 2.42. The summed E-state index contributed by atoms with van der Waals surface area (Å²) < 4.78 is 42.7. The lowest BCUT2D eigenvalue weighted by atomic mass is 10.0. The van der Waals surface area contributed by atoms with Crippen molar-refractivity contribution in [3.8, 4) is 12.3 Å². The van der Waals surface area contributed by atoms with Gasteiger partial charge in [0, 0.05) is 18.7 Å². The van der Waals surface area contributed by atoms with E-state index in [1.165, 1.54) is 6.07 Å². The first-order valence-corrected chi connectivity index (χ1v) is 7.46. The van der Waals surface area contributed by atoms with E-state index < -0.39 is 23.6 Å². The summed E-state index contributed by atoms with van der Waals surface area (Å²) in [5.41, 5.74) is -1.02. The summed E-state index contributed by atoms with van der Waals surface area (Å²) in [5.74, 6) is 2.48. The number of aromatic nitrogens is 1. The number of nitrogens with zero attached hydrogens (tertiary/aromatic N) is 1. The van der Waals surface area contributed by atoms with Crippen LogP contribution in [0.15, 0.2) is 18.3 Å². The Kier molecular flexibility index (Phi) is 6.64. The highest BCUT2D eigenvalue weighted by atomic mass is 19.4.